The molecule has 132 valence electrons. The third-order valence-electron chi connectivity index (χ3n) is 4.72. The molecule has 2 aromatic rings. The van der Waals surface area contributed by atoms with E-state index in [0.717, 1.165) is 37.2 Å². The van der Waals surface area contributed by atoms with E-state index in [0.29, 0.717) is 17.1 Å². The van der Waals surface area contributed by atoms with Crippen molar-refractivity contribution in [1.29, 1.82) is 0 Å². The van der Waals surface area contributed by atoms with E-state index < -0.39 is 0 Å². The largest absolute Gasteiger partial charge is 0.326 e. The van der Waals surface area contributed by atoms with Gasteiger partial charge in [0, 0.05) is 28.7 Å². The Morgan fingerprint density at radius 1 is 1.20 bits per heavy atom. The topological polar surface area (TPSA) is 32.3 Å². The van der Waals surface area contributed by atoms with Crippen molar-refractivity contribution in [3.05, 3.63) is 64.4 Å². The number of benzene rings is 2. The van der Waals surface area contributed by atoms with Gasteiger partial charge in [-0.1, -0.05) is 35.4 Å². The minimum Gasteiger partial charge on any atom is -0.326 e. The second-order valence-corrected chi connectivity index (χ2v) is 7.01. The lowest BCUT2D eigenvalue weighted by Crippen LogP contribution is -2.38. The van der Waals surface area contributed by atoms with Gasteiger partial charge in [0.1, 0.15) is 5.82 Å². The molecule has 0 saturated carbocycles. The van der Waals surface area contributed by atoms with Gasteiger partial charge in [0.05, 0.1) is 0 Å². The summed E-state index contributed by atoms with van der Waals surface area (Å²) in [6.45, 7) is 4.02. The molecule has 1 aliphatic heterocycles. The highest BCUT2D eigenvalue weighted by Gasteiger charge is 2.25. The lowest BCUT2D eigenvalue weighted by Gasteiger charge is -2.31. The summed E-state index contributed by atoms with van der Waals surface area (Å²) in [5.74, 6) is -0.215. The molecule has 5 heteroatoms. The average molecular weight is 361 g/mol. The lowest BCUT2D eigenvalue weighted by molar-refractivity contribution is -0.121. The number of likely N-dealkylation sites (tertiary alicyclic amines) is 1. The predicted octanol–water partition coefficient (Wildman–Crippen LogP) is 4.64. The molecule has 0 aliphatic carbocycles. The van der Waals surface area contributed by atoms with E-state index in [1.807, 2.05) is 31.2 Å². The average Bonchev–Trinajstić information content (AvgIpc) is 2.61. The summed E-state index contributed by atoms with van der Waals surface area (Å²) >= 11 is 6.10. The Morgan fingerprint density at radius 2 is 1.88 bits per heavy atom. The maximum atomic E-state index is 13.9. The van der Waals surface area contributed by atoms with Crippen LogP contribution in [-0.2, 0) is 11.3 Å². The second kappa shape index (κ2) is 7.98. The number of nitrogens with one attached hydrogen (secondary N) is 1. The number of anilines is 1. The van der Waals surface area contributed by atoms with Gasteiger partial charge in [-0.3, -0.25) is 9.69 Å². The molecule has 2 aromatic carbocycles. The van der Waals surface area contributed by atoms with E-state index in [2.05, 4.69) is 10.2 Å². The first-order chi connectivity index (χ1) is 12.0. The first-order valence-corrected chi connectivity index (χ1v) is 8.93. The van der Waals surface area contributed by atoms with Gasteiger partial charge in [-0.05, 0) is 57.1 Å². The molecule has 0 spiro atoms. The molecule has 1 heterocycles. The molecule has 0 bridgehead atoms. The van der Waals surface area contributed by atoms with Gasteiger partial charge in [0.25, 0.3) is 0 Å². The molecule has 1 aliphatic rings. The van der Waals surface area contributed by atoms with Crippen LogP contribution < -0.4 is 5.32 Å². The zero-order valence-electron chi connectivity index (χ0n) is 14.3. The predicted molar refractivity (Wildman–Crippen MR) is 99.2 cm³/mol. The van der Waals surface area contributed by atoms with E-state index in [-0.39, 0.29) is 17.6 Å². The van der Waals surface area contributed by atoms with Crippen LogP contribution >= 0.6 is 11.6 Å². The highest BCUT2D eigenvalue weighted by molar-refractivity contribution is 6.31. The lowest BCUT2D eigenvalue weighted by atomic mass is 9.95. The summed E-state index contributed by atoms with van der Waals surface area (Å²) in [4.78, 5) is 14.6. The minimum absolute atomic E-state index is 0.00588. The van der Waals surface area contributed by atoms with Crippen molar-refractivity contribution in [2.75, 3.05) is 18.4 Å². The molecule has 0 radical (unpaired) electrons. The Labute approximate surface area is 152 Å². The van der Waals surface area contributed by atoms with E-state index >= 15 is 0 Å². The maximum absolute atomic E-state index is 13.9. The Morgan fingerprint density at radius 3 is 2.52 bits per heavy atom. The molecular formula is C20H22ClFN2O. The number of carbonyl (C=O) groups excluding carboxylic acids is 1. The molecule has 0 aromatic heterocycles. The van der Waals surface area contributed by atoms with Crippen molar-refractivity contribution in [3.8, 4) is 0 Å². The minimum atomic E-state index is -0.272. The number of nitrogens with zero attached hydrogens (tertiary/aromatic N) is 1. The number of rotatable bonds is 4. The van der Waals surface area contributed by atoms with Crippen LogP contribution in [0.15, 0.2) is 42.5 Å². The molecule has 3 rings (SSSR count). The van der Waals surface area contributed by atoms with E-state index in [1.165, 1.54) is 6.07 Å². The van der Waals surface area contributed by atoms with Crippen molar-refractivity contribution in [2.45, 2.75) is 26.3 Å². The fraction of sp³-hybridized carbons (Fsp3) is 0.350. The third kappa shape index (κ3) is 4.59. The first-order valence-electron chi connectivity index (χ1n) is 8.55. The maximum Gasteiger partial charge on any atom is 0.227 e. The third-order valence-corrected chi connectivity index (χ3v) is 5.07. The van der Waals surface area contributed by atoms with Crippen LogP contribution in [0, 0.1) is 18.7 Å². The van der Waals surface area contributed by atoms with E-state index in [4.69, 9.17) is 11.6 Å². The van der Waals surface area contributed by atoms with Gasteiger partial charge in [-0.25, -0.2) is 4.39 Å². The summed E-state index contributed by atoms with van der Waals surface area (Å²) in [6.07, 6.45) is 1.54. The number of piperidine rings is 1. The molecular weight excluding hydrogens is 339 g/mol. The summed E-state index contributed by atoms with van der Waals surface area (Å²) in [6, 6.07) is 12.6. The molecule has 1 fully saturated rings. The summed E-state index contributed by atoms with van der Waals surface area (Å²) in [7, 11) is 0. The number of carbonyl (C=O) groups is 1. The van der Waals surface area contributed by atoms with Gasteiger partial charge in [0.2, 0.25) is 5.91 Å². The van der Waals surface area contributed by atoms with Crippen LogP contribution in [0.4, 0.5) is 10.1 Å². The number of hydrogen-bond donors (Lipinski definition) is 1. The Hall–Kier alpha value is -1.91. The summed E-state index contributed by atoms with van der Waals surface area (Å²) in [5.41, 5.74) is 2.53. The van der Waals surface area contributed by atoms with Crippen LogP contribution in [0.1, 0.15) is 24.0 Å². The molecule has 3 nitrogen and oxygen atoms in total. The fourth-order valence-corrected chi connectivity index (χ4v) is 3.36. The molecule has 1 amide bonds. The summed E-state index contributed by atoms with van der Waals surface area (Å²) < 4.78 is 13.9. The molecule has 25 heavy (non-hydrogen) atoms. The summed E-state index contributed by atoms with van der Waals surface area (Å²) in [5, 5.41) is 3.44. The van der Waals surface area contributed by atoms with Crippen LogP contribution in [0.2, 0.25) is 5.02 Å². The highest BCUT2D eigenvalue weighted by atomic mass is 35.5. The Kier molecular flexibility index (Phi) is 5.71. The molecule has 1 N–H and O–H groups in total. The quantitative estimate of drug-likeness (QED) is 0.861. The zero-order chi connectivity index (χ0) is 17.8. The molecule has 1 saturated heterocycles. The molecule has 0 unspecified atom stereocenters. The van der Waals surface area contributed by atoms with Crippen LogP contribution in [0.25, 0.3) is 0 Å². The zero-order valence-corrected chi connectivity index (χ0v) is 15.0. The standard InChI is InChI=1S/C20H22ClFN2O/c1-14-5-7-16(8-6-14)23-20(25)15-9-11-24(12-10-15)13-17-18(21)3-2-4-19(17)22/h2-8,15H,9-13H2,1H3,(H,23,25). The molecule has 0 atom stereocenters. The van der Waals surface area contributed by atoms with Gasteiger partial charge in [-0.15, -0.1) is 0 Å². The fourth-order valence-electron chi connectivity index (χ4n) is 3.14. The van der Waals surface area contributed by atoms with E-state index in [9.17, 15) is 9.18 Å². The normalized spacial score (nSPS) is 16.0. The van der Waals surface area contributed by atoms with Crippen molar-refractivity contribution >= 4 is 23.2 Å². The number of hydrogen-bond acceptors (Lipinski definition) is 2. The van der Waals surface area contributed by atoms with Crippen molar-refractivity contribution < 1.29 is 9.18 Å². The number of aryl methyl sites for hydroxylation is 1. The smallest absolute Gasteiger partial charge is 0.227 e. The van der Waals surface area contributed by atoms with E-state index in [1.54, 1.807) is 12.1 Å². The Balaban J connectivity index is 1.53. The van der Waals surface area contributed by atoms with Gasteiger partial charge < -0.3 is 5.32 Å². The van der Waals surface area contributed by atoms with Crippen molar-refractivity contribution in [3.63, 3.8) is 0 Å². The van der Waals surface area contributed by atoms with Crippen molar-refractivity contribution in [1.82, 2.24) is 4.90 Å². The number of halogens is 2. The van der Waals surface area contributed by atoms with Crippen LogP contribution in [0.5, 0.6) is 0 Å². The number of amides is 1. The first kappa shape index (κ1) is 17.9. The Bertz CT molecular complexity index is 720. The van der Waals surface area contributed by atoms with Gasteiger partial charge in [-0.2, -0.15) is 0 Å². The van der Waals surface area contributed by atoms with Crippen molar-refractivity contribution in [2.24, 2.45) is 5.92 Å². The SMILES string of the molecule is Cc1ccc(NC(=O)C2CCN(Cc3c(F)cccc3Cl)CC2)cc1. The monoisotopic (exact) mass is 360 g/mol. The van der Waals surface area contributed by atoms with Gasteiger partial charge >= 0.3 is 0 Å². The van der Waals surface area contributed by atoms with Crippen LogP contribution in [0.3, 0.4) is 0 Å². The highest BCUT2D eigenvalue weighted by Crippen LogP contribution is 2.25. The second-order valence-electron chi connectivity index (χ2n) is 6.61. The van der Waals surface area contributed by atoms with Crippen LogP contribution in [-0.4, -0.2) is 23.9 Å². The van der Waals surface area contributed by atoms with Gasteiger partial charge in [0.15, 0.2) is 0 Å².